The van der Waals surface area contributed by atoms with Crippen LogP contribution in [0, 0.1) is 0 Å². The fraction of sp³-hybridized carbons (Fsp3) is 0.211. The highest BCUT2D eigenvalue weighted by atomic mass is 32.1. The number of likely N-dealkylation sites (N-methyl/N-ethyl adjacent to an activating group) is 1. The van der Waals surface area contributed by atoms with Gasteiger partial charge in [-0.2, -0.15) is 0 Å². The Hall–Kier alpha value is -2.17. The minimum atomic E-state index is -0.115. The third kappa shape index (κ3) is 3.60. The van der Waals surface area contributed by atoms with Gasteiger partial charge in [-0.15, -0.1) is 11.3 Å². The molecular formula is C19H21N2OS+. The number of rotatable bonds is 5. The summed E-state index contributed by atoms with van der Waals surface area (Å²) in [6, 6.07) is 18.1. The molecule has 0 saturated carbocycles. The van der Waals surface area contributed by atoms with Gasteiger partial charge in [-0.25, -0.2) is 0 Å². The van der Waals surface area contributed by atoms with Crippen LogP contribution in [0.1, 0.15) is 11.8 Å². The molecule has 1 heterocycles. The van der Waals surface area contributed by atoms with Gasteiger partial charge in [-0.1, -0.05) is 42.5 Å². The summed E-state index contributed by atoms with van der Waals surface area (Å²) in [7, 11) is 2.06. The first-order chi connectivity index (χ1) is 11.1. The second kappa shape index (κ2) is 6.94. The van der Waals surface area contributed by atoms with E-state index in [0.29, 0.717) is 0 Å². The van der Waals surface area contributed by atoms with Crippen molar-refractivity contribution < 1.29 is 9.69 Å². The van der Waals surface area contributed by atoms with Gasteiger partial charge in [0.05, 0.1) is 11.9 Å². The van der Waals surface area contributed by atoms with E-state index in [9.17, 15) is 4.79 Å². The summed E-state index contributed by atoms with van der Waals surface area (Å²) in [6.45, 7) is 2.84. The van der Waals surface area contributed by atoms with Crippen LogP contribution >= 0.6 is 11.3 Å². The second-order valence-corrected chi connectivity index (χ2v) is 6.87. The maximum Gasteiger partial charge on any atom is 0.282 e. The average Bonchev–Trinajstić information content (AvgIpc) is 3.07. The molecule has 2 aromatic carbocycles. The highest BCUT2D eigenvalue weighted by Gasteiger charge is 2.22. The van der Waals surface area contributed by atoms with E-state index >= 15 is 0 Å². The molecule has 4 heteroatoms. The molecule has 0 aliphatic carbocycles. The largest absolute Gasteiger partial charge is 0.323 e. The van der Waals surface area contributed by atoms with Crippen molar-refractivity contribution in [1.82, 2.24) is 0 Å². The number of hydrogen-bond acceptors (Lipinski definition) is 2. The van der Waals surface area contributed by atoms with Gasteiger partial charge in [0, 0.05) is 11.1 Å². The van der Waals surface area contributed by atoms with Gasteiger partial charge in [0.25, 0.3) is 5.91 Å². The van der Waals surface area contributed by atoms with E-state index in [1.165, 1.54) is 9.78 Å². The van der Waals surface area contributed by atoms with Crippen LogP contribution < -0.4 is 10.2 Å². The zero-order valence-electron chi connectivity index (χ0n) is 13.4. The number of benzene rings is 2. The van der Waals surface area contributed by atoms with E-state index < -0.39 is 0 Å². The van der Waals surface area contributed by atoms with Gasteiger partial charge in [-0.3, -0.25) is 4.79 Å². The van der Waals surface area contributed by atoms with Crippen LogP contribution in [0.4, 0.5) is 5.69 Å². The number of fused-ring (bicyclic) bond motifs is 1. The number of quaternary nitrogens is 1. The molecule has 1 aromatic heterocycles. The topological polar surface area (TPSA) is 33.5 Å². The molecule has 0 saturated heterocycles. The summed E-state index contributed by atoms with van der Waals surface area (Å²) < 4.78 is 0. The van der Waals surface area contributed by atoms with E-state index in [2.05, 4.69) is 35.9 Å². The van der Waals surface area contributed by atoms with Crippen molar-refractivity contribution in [2.24, 2.45) is 0 Å². The quantitative estimate of drug-likeness (QED) is 0.743. The fourth-order valence-electron chi connectivity index (χ4n) is 2.64. The van der Waals surface area contributed by atoms with Crippen LogP contribution in [0.2, 0.25) is 0 Å². The molecular weight excluding hydrogens is 304 g/mol. The standard InChI is InChI=1S/C19H20N2OS/c1-14(21(2)13-16-9-6-12-23-16)19(22)20-18-11-5-8-15-7-3-4-10-17(15)18/h3-12,14H,13H2,1-2H3,(H,20,22)/p+1/t14-/m0/s1. The first kappa shape index (κ1) is 15.7. The summed E-state index contributed by atoms with van der Waals surface area (Å²) in [5, 5.41) is 7.37. The first-order valence-corrected chi connectivity index (χ1v) is 8.66. The summed E-state index contributed by atoms with van der Waals surface area (Å²) in [4.78, 5) is 15.1. The zero-order chi connectivity index (χ0) is 16.2. The molecule has 3 aromatic rings. The molecule has 23 heavy (non-hydrogen) atoms. The monoisotopic (exact) mass is 325 g/mol. The Morgan fingerprint density at radius 2 is 1.91 bits per heavy atom. The molecule has 1 unspecified atom stereocenters. The Bertz CT molecular complexity index is 793. The molecule has 3 rings (SSSR count). The maximum absolute atomic E-state index is 12.6. The minimum absolute atomic E-state index is 0.0513. The van der Waals surface area contributed by atoms with Crippen LogP contribution in [0.25, 0.3) is 10.8 Å². The maximum atomic E-state index is 12.6. The van der Waals surface area contributed by atoms with Crippen molar-refractivity contribution in [3.05, 3.63) is 64.9 Å². The number of carbonyl (C=O) groups is 1. The molecule has 0 fully saturated rings. The van der Waals surface area contributed by atoms with Gasteiger partial charge in [0.2, 0.25) is 0 Å². The number of thiophene rings is 1. The van der Waals surface area contributed by atoms with Crippen molar-refractivity contribution in [2.45, 2.75) is 19.5 Å². The smallest absolute Gasteiger partial charge is 0.282 e. The minimum Gasteiger partial charge on any atom is -0.323 e. The highest BCUT2D eigenvalue weighted by Crippen LogP contribution is 2.22. The zero-order valence-corrected chi connectivity index (χ0v) is 14.2. The van der Waals surface area contributed by atoms with E-state index in [-0.39, 0.29) is 11.9 Å². The normalized spacial score (nSPS) is 13.7. The number of hydrogen-bond donors (Lipinski definition) is 2. The number of nitrogens with one attached hydrogen (secondary N) is 2. The lowest BCUT2D eigenvalue weighted by atomic mass is 10.1. The number of amides is 1. The van der Waals surface area contributed by atoms with Crippen LogP contribution in [0.3, 0.4) is 0 Å². The van der Waals surface area contributed by atoms with Crippen molar-refractivity contribution >= 4 is 33.7 Å². The molecule has 0 bridgehead atoms. The number of anilines is 1. The molecule has 0 radical (unpaired) electrons. The van der Waals surface area contributed by atoms with Crippen LogP contribution in [0.5, 0.6) is 0 Å². The van der Waals surface area contributed by atoms with E-state index in [1.807, 2.05) is 43.3 Å². The Labute approximate surface area is 140 Å². The number of carbonyl (C=O) groups excluding carboxylic acids is 1. The summed E-state index contributed by atoms with van der Waals surface area (Å²) in [5.41, 5.74) is 0.879. The van der Waals surface area contributed by atoms with Crippen LogP contribution in [-0.4, -0.2) is 19.0 Å². The lowest BCUT2D eigenvalue weighted by Crippen LogP contribution is -3.12. The van der Waals surface area contributed by atoms with Crippen LogP contribution in [-0.2, 0) is 11.3 Å². The molecule has 0 spiro atoms. The summed E-state index contributed by atoms with van der Waals surface area (Å²) in [5.74, 6) is 0.0513. The van der Waals surface area contributed by atoms with Gasteiger partial charge in [0.15, 0.2) is 6.04 Å². The third-order valence-electron chi connectivity index (χ3n) is 4.21. The Morgan fingerprint density at radius 3 is 2.70 bits per heavy atom. The highest BCUT2D eigenvalue weighted by molar-refractivity contribution is 7.09. The molecule has 0 aliphatic rings. The lowest BCUT2D eigenvalue weighted by molar-refractivity contribution is -0.907. The Balaban J connectivity index is 1.72. The van der Waals surface area contributed by atoms with Crippen molar-refractivity contribution in [1.29, 1.82) is 0 Å². The van der Waals surface area contributed by atoms with Crippen molar-refractivity contribution in [3.63, 3.8) is 0 Å². The van der Waals surface area contributed by atoms with Gasteiger partial charge in [-0.05, 0) is 29.8 Å². The third-order valence-corrected chi connectivity index (χ3v) is 5.09. The average molecular weight is 325 g/mol. The molecule has 2 N–H and O–H groups in total. The molecule has 1 amide bonds. The van der Waals surface area contributed by atoms with Crippen molar-refractivity contribution in [3.8, 4) is 0 Å². The van der Waals surface area contributed by atoms with E-state index in [1.54, 1.807) is 11.3 Å². The van der Waals surface area contributed by atoms with E-state index in [4.69, 9.17) is 0 Å². The summed E-state index contributed by atoms with van der Waals surface area (Å²) in [6.07, 6.45) is 0. The predicted octanol–water partition coefficient (Wildman–Crippen LogP) is 2.94. The van der Waals surface area contributed by atoms with Crippen LogP contribution in [0.15, 0.2) is 60.0 Å². The molecule has 2 atom stereocenters. The lowest BCUT2D eigenvalue weighted by Gasteiger charge is -2.21. The van der Waals surface area contributed by atoms with Gasteiger partial charge in [0.1, 0.15) is 6.54 Å². The molecule has 3 nitrogen and oxygen atoms in total. The molecule has 0 aliphatic heterocycles. The molecule has 118 valence electrons. The Morgan fingerprint density at radius 1 is 1.13 bits per heavy atom. The SMILES string of the molecule is C[C@@H](C(=O)Nc1cccc2ccccc12)[NH+](C)Cc1cccs1. The van der Waals surface area contributed by atoms with Crippen molar-refractivity contribution in [2.75, 3.05) is 12.4 Å². The predicted molar refractivity (Wildman–Crippen MR) is 96.9 cm³/mol. The van der Waals surface area contributed by atoms with E-state index in [0.717, 1.165) is 23.0 Å². The summed E-state index contributed by atoms with van der Waals surface area (Å²) >= 11 is 1.73. The second-order valence-electron chi connectivity index (χ2n) is 5.84. The first-order valence-electron chi connectivity index (χ1n) is 7.78. The Kier molecular flexibility index (Phi) is 4.74. The fourth-order valence-corrected chi connectivity index (χ4v) is 3.44. The van der Waals surface area contributed by atoms with Gasteiger partial charge >= 0.3 is 0 Å². The van der Waals surface area contributed by atoms with Gasteiger partial charge < -0.3 is 10.2 Å².